The molecule has 11 rings (SSSR count). The minimum Gasteiger partial charge on any atom is -0.310 e. The summed E-state index contributed by atoms with van der Waals surface area (Å²) in [4.78, 5) is 2.41. The molecule has 0 atom stereocenters. The molecule has 0 radical (unpaired) electrons. The minimum absolute atomic E-state index is 1.09. The largest absolute Gasteiger partial charge is 0.310 e. The van der Waals surface area contributed by atoms with Crippen LogP contribution in [0.3, 0.4) is 0 Å². The number of hydrogen-bond acceptors (Lipinski definition) is 1. The summed E-state index contributed by atoms with van der Waals surface area (Å²) >= 11 is 0. The van der Waals surface area contributed by atoms with Crippen molar-refractivity contribution in [3.8, 4) is 50.2 Å². The summed E-state index contributed by atoms with van der Waals surface area (Å²) < 4.78 is 2.42. The molecular formula is C58H40N2. The van der Waals surface area contributed by atoms with Crippen molar-refractivity contribution >= 4 is 49.6 Å². The van der Waals surface area contributed by atoms with Gasteiger partial charge in [-0.05, 0) is 110 Å². The Morgan fingerprint density at radius 3 is 1.68 bits per heavy atom. The van der Waals surface area contributed by atoms with Crippen molar-refractivity contribution in [3.05, 3.63) is 243 Å². The third kappa shape index (κ3) is 6.32. The predicted molar refractivity (Wildman–Crippen MR) is 255 cm³/mol. The van der Waals surface area contributed by atoms with Crippen LogP contribution in [0, 0.1) is 0 Å². The van der Waals surface area contributed by atoms with Gasteiger partial charge in [-0.2, -0.15) is 0 Å². The van der Waals surface area contributed by atoms with E-state index in [0.717, 1.165) is 28.3 Å². The van der Waals surface area contributed by atoms with E-state index in [1.165, 1.54) is 71.5 Å². The number of nitrogens with zero attached hydrogens (tertiary/aromatic N) is 2. The van der Waals surface area contributed by atoms with Crippen LogP contribution >= 0.6 is 0 Å². The van der Waals surface area contributed by atoms with Gasteiger partial charge in [0.25, 0.3) is 0 Å². The van der Waals surface area contributed by atoms with E-state index in [9.17, 15) is 0 Å². The molecule has 0 aliphatic heterocycles. The Kier molecular flexibility index (Phi) is 8.87. The molecule has 0 aliphatic carbocycles. The van der Waals surface area contributed by atoms with E-state index >= 15 is 0 Å². The predicted octanol–water partition coefficient (Wildman–Crippen LogP) is 16.1. The Morgan fingerprint density at radius 2 is 0.883 bits per heavy atom. The standard InChI is InChI=1S/C58H40N2/c1-4-16-41(17-5-1)47-34-37-54-57(40-47)60(49-23-8-3-9-24-49)56-29-15-27-53(58(54)56)48-22-14-25-51(39-48)59(55-28-13-12-26-52(55)44-19-6-2-7-20-44)50-35-32-43(33-36-50)46-31-30-42-18-10-11-21-45(42)38-46/h1-40H. The van der Waals surface area contributed by atoms with E-state index in [2.05, 4.69) is 252 Å². The summed E-state index contributed by atoms with van der Waals surface area (Å²) in [6, 6.07) is 87.9. The lowest BCUT2D eigenvalue weighted by atomic mass is 9.97. The number of para-hydroxylation sites is 2. The number of anilines is 3. The van der Waals surface area contributed by atoms with Crippen molar-refractivity contribution < 1.29 is 0 Å². The monoisotopic (exact) mass is 764 g/mol. The molecule has 282 valence electrons. The summed E-state index contributed by atoms with van der Waals surface area (Å²) in [5, 5.41) is 4.96. The Morgan fingerprint density at radius 1 is 0.300 bits per heavy atom. The molecule has 2 nitrogen and oxygen atoms in total. The van der Waals surface area contributed by atoms with E-state index in [1.807, 2.05) is 0 Å². The van der Waals surface area contributed by atoms with Crippen LogP contribution in [0.5, 0.6) is 0 Å². The fourth-order valence-electron chi connectivity index (χ4n) is 8.92. The third-order valence-corrected chi connectivity index (χ3v) is 11.8. The highest BCUT2D eigenvalue weighted by atomic mass is 15.1. The van der Waals surface area contributed by atoms with Gasteiger partial charge in [0.1, 0.15) is 0 Å². The summed E-state index contributed by atoms with van der Waals surface area (Å²) in [7, 11) is 0. The summed E-state index contributed by atoms with van der Waals surface area (Å²) in [6.45, 7) is 0. The number of benzene rings is 10. The van der Waals surface area contributed by atoms with Gasteiger partial charge in [-0.25, -0.2) is 0 Å². The molecule has 0 N–H and O–H groups in total. The lowest BCUT2D eigenvalue weighted by Crippen LogP contribution is -2.11. The number of rotatable bonds is 8. The maximum Gasteiger partial charge on any atom is 0.0547 e. The van der Waals surface area contributed by atoms with Gasteiger partial charge in [-0.1, -0.05) is 182 Å². The van der Waals surface area contributed by atoms with Crippen LogP contribution in [0.25, 0.3) is 82.8 Å². The Labute approximate surface area is 350 Å². The lowest BCUT2D eigenvalue weighted by molar-refractivity contribution is 1.18. The summed E-state index contributed by atoms with van der Waals surface area (Å²) in [5.41, 5.74) is 16.3. The first-order valence-corrected chi connectivity index (χ1v) is 20.6. The van der Waals surface area contributed by atoms with Crippen molar-refractivity contribution in [1.29, 1.82) is 0 Å². The number of aromatic nitrogens is 1. The summed E-state index contributed by atoms with van der Waals surface area (Å²) in [6.07, 6.45) is 0. The van der Waals surface area contributed by atoms with E-state index in [-0.39, 0.29) is 0 Å². The average molecular weight is 765 g/mol. The fourth-order valence-corrected chi connectivity index (χ4v) is 8.92. The van der Waals surface area contributed by atoms with Crippen molar-refractivity contribution in [3.63, 3.8) is 0 Å². The van der Waals surface area contributed by atoms with Gasteiger partial charge in [0.15, 0.2) is 0 Å². The maximum absolute atomic E-state index is 2.42. The molecule has 1 aromatic heterocycles. The Hall–Kier alpha value is -7.94. The highest BCUT2D eigenvalue weighted by Crippen LogP contribution is 2.45. The van der Waals surface area contributed by atoms with Crippen LogP contribution in [-0.2, 0) is 0 Å². The van der Waals surface area contributed by atoms with E-state index in [1.54, 1.807) is 0 Å². The van der Waals surface area contributed by atoms with Gasteiger partial charge >= 0.3 is 0 Å². The van der Waals surface area contributed by atoms with Crippen LogP contribution in [0.15, 0.2) is 243 Å². The fraction of sp³-hybridized carbons (Fsp3) is 0. The molecule has 0 aliphatic rings. The third-order valence-electron chi connectivity index (χ3n) is 11.8. The normalized spacial score (nSPS) is 11.3. The molecule has 0 fully saturated rings. The Balaban J connectivity index is 1.09. The molecular weight excluding hydrogens is 725 g/mol. The van der Waals surface area contributed by atoms with Gasteiger partial charge in [0.05, 0.1) is 16.7 Å². The average Bonchev–Trinajstić information content (AvgIpc) is 3.67. The minimum atomic E-state index is 1.09. The van der Waals surface area contributed by atoms with E-state index < -0.39 is 0 Å². The highest BCUT2D eigenvalue weighted by Gasteiger charge is 2.21. The smallest absolute Gasteiger partial charge is 0.0547 e. The zero-order chi connectivity index (χ0) is 39.8. The van der Waals surface area contributed by atoms with Gasteiger partial charge in [0.2, 0.25) is 0 Å². The first kappa shape index (κ1) is 35.2. The van der Waals surface area contributed by atoms with Gasteiger partial charge in [0, 0.05) is 33.4 Å². The van der Waals surface area contributed by atoms with Crippen LogP contribution < -0.4 is 4.90 Å². The summed E-state index contributed by atoms with van der Waals surface area (Å²) in [5.74, 6) is 0. The van der Waals surface area contributed by atoms with Gasteiger partial charge in [-0.15, -0.1) is 0 Å². The first-order valence-electron chi connectivity index (χ1n) is 20.6. The maximum atomic E-state index is 2.42. The van der Waals surface area contributed by atoms with E-state index in [0.29, 0.717) is 0 Å². The molecule has 0 bridgehead atoms. The van der Waals surface area contributed by atoms with Crippen molar-refractivity contribution in [2.45, 2.75) is 0 Å². The highest BCUT2D eigenvalue weighted by molar-refractivity contribution is 6.16. The SMILES string of the molecule is c1ccc(-c2ccc3c4c(-c5cccc(N(c6ccc(-c7ccc8ccccc8c7)cc6)c6ccccc6-c6ccccc6)c5)cccc4n(-c4ccccc4)c3c2)cc1. The quantitative estimate of drug-likeness (QED) is 0.150. The van der Waals surface area contributed by atoms with Gasteiger partial charge in [-0.3, -0.25) is 0 Å². The number of hydrogen-bond donors (Lipinski definition) is 0. The molecule has 11 aromatic rings. The molecule has 1 heterocycles. The first-order chi connectivity index (χ1) is 29.8. The van der Waals surface area contributed by atoms with Crippen LogP contribution in [0.4, 0.5) is 17.1 Å². The molecule has 0 saturated heterocycles. The van der Waals surface area contributed by atoms with Gasteiger partial charge < -0.3 is 9.47 Å². The molecule has 0 saturated carbocycles. The van der Waals surface area contributed by atoms with Crippen LogP contribution in [0.1, 0.15) is 0 Å². The molecule has 0 amide bonds. The Bertz CT molecular complexity index is 3290. The van der Waals surface area contributed by atoms with Crippen molar-refractivity contribution in [2.75, 3.05) is 4.90 Å². The van der Waals surface area contributed by atoms with Crippen molar-refractivity contribution in [1.82, 2.24) is 4.57 Å². The molecule has 10 aromatic carbocycles. The van der Waals surface area contributed by atoms with Crippen LogP contribution in [-0.4, -0.2) is 4.57 Å². The van der Waals surface area contributed by atoms with E-state index in [4.69, 9.17) is 0 Å². The second-order valence-corrected chi connectivity index (χ2v) is 15.3. The van der Waals surface area contributed by atoms with Crippen LogP contribution in [0.2, 0.25) is 0 Å². The topological polar surface area (TPSA) is 8.17 Å². The zero-order valence-corrected chi connectivity index (χ0v) is 33.0. The lowest BCUT2D eigenvalue weighted by Gasteiger charge is -2.28. The zero-order valence-electron chi connectivity index (χ0n) is 33.0. The molecule has 0 spiro atoms. The molecule has 60 heavy (non-hydrogen) atoms. The second-order valence-electron chi connectivity index (χ2n) is 15.3. The second kappa shape index (κ2) is 15.1. The molecule has 2 heteroatoms. The number of fused-ring (bicyclic) bond motifs is 4. The van der Waals surface area contributed by atoms with Crippen molar-refractivity contribution in [2.24, 2.45) is 0 Å². The molecule has 0 unspecified atom stereocenters.